The second-order valence-electron chi connectivity index (χ2n) is 6.36. The van der Waals surface area contributed by atoms with Crippen LogP contribution in [0.2, 0.25) is 0 Å². The van der Waals surface area contributed by atoms with Crippen LogP contribution in [-0.2, 0) is 11.2 Å². The van der Waals surface area contributed by atoms with E-state index in [1.54, 1.807) is 0 Å². The Hall–Kier alpha value is -2.14. The quantitative estimate of drug-likeness (QED) is 0.918. The molecule has 122 valence electrons. The summed E-state index contributed by atoms with van der Waals surface area (Å²) in [5, 5.41) is 4.38. The number of carbonyl (C=O) groups excluding carboxylic acids is 1. The molecule has 2 atom stereocenters. The van der Waals surface area contributed by atoms with Crippen LogP contribution < -0.4 is 5.73 Å². The summed E-state index contributed by atoms with van der Waals surface area (Å²) in [4.78, 5) is 14.4. The summed E-state index contributed by atoms with van der Waals surface area (Å²) in [6, 6.07) is 10.3. The number of hydrogen-bond acceptors (Lipinski definition) is 3. The zero-order valence-electron chi connectivity index (χ0n) is 13.6. The number of likely N-dealkylation sites (tertiary alicyclic amines) is 1. The molecule has 2 aromatic rings. The summed E-state index contributed by atoms with van der Waals surface area (Å²) < 4.78 is 1.85. The lowest BCUT2D eigenvalue weighted by molar-refractivity contribution is -0.131. The number of hydrogen-bond donors (Lipinski definition) is 1. The molecule has 2 unspecified atom stereocenters. The zero-order chi connectivity index (χ0) is 16.2. The fourth-order valence-electron chi connectivity index (χ4n) is 3.27. The van der Waals surface area contributed by atoms with Crippen LogP contribution in [0.15, 0.2) is 42.7 Å². The Morgan fingerprint density at radius 1 is 1.35 bits per heavy atom. The number of nitrogens with two attached hydrogens (primary N) is 1. The lowest BCUT2D eigenvalue weighted by Gasteiger charge is -2.21. The Labute approximate surface area is 137 Å². The Bertz CT molecular complexity index is 652. The Kier molecular flexibility index (Phi) is 4.76. The summed E-state index contributed by atoms with van der Waals surface area (Å²) in [5.74, 6) is 0.677. The average Bonchev–Trinajstić information content (AvgIpc) is 3.20. The zero-order valence-corrected chi connectivity index (χ0v) is 13.6. The molecule has 5 heteroatoms. The van der Waals surface area contributed by atoms with Crippen LogP contribution in [0.4, 0.5) is 0 Å². The molecule has 0 radical (unpaired) electrons. The third-order valence-corrected chi connectivity index (χ3v) is 4.60. The van der Waals surface area contributed by atoms with Crippen molar-refractivity contribution in [3.05, 3.63) is 48.3 Å². The predicted molar refractivity (Wildman–Crippen MR) is 90.2 cm³/mol. The van der Waals surface area contributed by atoms with Crippen molar-refractivity contribution >= 4 is 5.91 Å². The van der Waals surface area contributed by atoms with E-state index < -0.39 is 0 Å². The average molecular weight is 312 g/mol. The number of aryl methyl sites for hydroxylation is 1. The van der Waals surface area contributed by atoms with Crippen molar-refractivity contribution in [2.45, 2.75) is 32.2 Å². The van der Waals surface area contributed by atoms with Crippen molar-refractivity contribution in [1.29, 1.82) is 0 Å². The van der Waals surface area contributed by atoms with Gasteiger partial charge in [-0.25, -0.2) is 4.68 Å². The fourth-order valence-corrected chi connectivity index (χ4v) is 3.27. The highest BCUT2D eigenvalue weighted by atomic mass is 16.2. The number of para-hydroxylation sites is 1. The Morgan fingerprint density at radius 3 is 2.83 bits per heavy atom. The molecule has 1 aromatic carbocycles. The van der Waals surface area contributed by atoms with E-state index in [-0.39, 0.29) is 5.91 Å². The molecule has 0 bridgehead atoms. The van der Waals surface area contributed by atoms with E-state index in [2.05, 4.69) is 12.0 Å². The van der Waals surface area contributed by atoms with Crippen molar-refractivity contribution in [3.8, 4) is 5.69 Å². The molecule has 1 amide bonds. The normalized spacial score (nSPS) is 20.9. The van der Waals surface area contributed by atoms with Crippen LogP contribution >= 0.6 is 0 Å². The van der Waals surface area contributed by atoms with Gasteiger partial charge in [0.05, 0.1) is 11.9 Å². The molecule has 1 aromatic heterocycles. The van der Waals surface area contributed by atoms with E-state index in [1.807, 2.05) is 52.3 Å². The molecule has 0 saturated carbocycles. The molecule has 1 aliphatic heterocycles. The number of carbonyl (C=O) groups is 1. The molecule has 1 saturated heterocycles. The molecular weight excluding hydrogens is 288 g/mol. The van der Waals surface area contributed by atoms with Crippen LogP contribution in [0.3, 0.4) is 0 Å². The first-order chi connectivity index (χ1) is 11.2. The van der Waals surface area contributed by atoms with Crippen molar-refractivity contribution in [3.63, 3.8) is 0 Å². The molecule has 0 aliphatic carbocycles. The lowest BCUT2D eigenvalue weighted by Crippen LogP contribution is -2.34. The topological polar surface area (TPSA) is 64.2 Å². The second kappa shape index (κ2) is 6.96. The molecular formula is C18H24N4O. The molecule has 23 heavy (non-hydrogen) atoms. The predicted octanol–water partition coefficient (Wildman–Crippen LogP) is 2.00. The fraction of sp³-hybridized carbons (Fsp3) is 0.444. The minimum Gasteiger partial charge on any atom is -0.340 e. The summed E-state index contributed by atoms with van der Waals surface area (Å²) in [6.45, 7) is 3.58. The Balaban J connectivity index is 1.57. The number of amides is 1. The van der Waals surface area contributed by atoms with E-state index in [4.69, 9.17) is 5.73 Å². The molecule has 2 N–H and O–H groups in total. The van der Waals surface area contributed by atoms with Gasteiger partial charge in [-0.05, 0) is 49.9 Å². The van der Waals surface area contributed by atoms with Crippen molar-refractivity contribution in [2.24, 2.45) is 11.7 Å². The van der Waals surface area contributed by atoms with E-state index in [0.717, 1.165) is 30.6 Å². The van der Waals surface area contributed by atoms with Crippen molar-refractivity contribution in [1.82, 2.24) is 14.7 Å². The molecule has 5 nitrogen and oxygen atoms in total. The maximum Gasteiger partial charge on any atom is 0.223 e. The van der Waals surface area contributed by atoms with Gasteiger partial charge in [0.1, 0.15) is 0 Å². The number of rotatable bonds is 5. The smallest absolute Gasteiger partial charge is 0.223 e. The number of benzene rings is 1. The molecule has 1 fully saturated rings. The minimum atomic E-state index is 0.223. The van der Waals surface area contributed by atoms with Crippen LogP contribution in [0, 0.1) is 5.92 Å². The van der Waals surface area contributed by atoms with Gasteiger partial charge in [-0.1, -0.05) is 18.2 Å². The van der Waals surface area contributed by atoms with Gasteiger partial charge in [-0.15, -0.1) is 0 Å². The van der Waals surface area contributed by atoms with Crippen molar-refractivity contribution < 1.29 is 4.79 Å². The largest absolute Gasteiger partial charge is 0.340 e. The van der Waals surface area contributed by atoms with Gasteiger partial charge >= 0.3 is 0 Å². The highest BCUT2D eigenvalue weighted by Gasteiger charge is 2.31. The second-order valence-corrected chi connectivity index (χ2v) is 6.36. The summed E-state index contributed by atoms with van der Waals surface area (Å²) in [7, 11) is 0. The highest BCUT2D eigenvalue weighted by Crippen LogP contribution is 2.23. The van der Waals surface area contributed by atoms with E-state index in [1.165, 1.54) is 0 Å². The van der Waals surface area contributed by atoms with Crippen LogP contribution in [-0.4, -0.2) is 39.7 Å². The monoisotopic (exact) mass is 312 g/mol. The third kappa shape index (κ3) is 3.62. The highest BCUT2D eigenvalue weighted by molar-refractivity contribution is 5.77. The molecule has 0 spiro atoms. The van der Waals surface area contributed by atoms with Gasteiger partial charge in [0.15, 0.2) is 0 Å². The third-order valence-electron chi connectivity index (χ3n) is 4.60. The van der Waals surface area contributed by atoms with Crippen LogP contribution in [0.5, 0.6) is 0 Å². The lowest BCUT2D eigenvalue weighted by atomic mass is 10.1. The van der Waals surface area contributed by atoms with Gasteiger partial charge in [-0.2, -0.15) is 5.10 Å². The van der Waals surface area contributed by atoms with Gasteiger partial charge in [0, 0.05) is 25.2 Å². The molecule has 2 heterocycles. The van der Waals surface area contributed by atoms with E-state index in [9.17, 15) is 4.79 Å². The summed E-state index contributed by atoms with van der Waals surface area (Å²) in [6.07, 6.45) is 6.12. The van der Waals surface area contributed by atoms with E-state index in [0.29, 0.717) is 24.9 Å². The van der Waals surface area contributed by atoms with Gasteiger partial charge in [0.25, 0.3) is 0 Å². The molecule has 1 aliphatic rings. The molecule has 3 rings (SSSR count). The first-order valence-corrected chi connectivity index (χ1v) is 8.26. The first kappa shape index (κ1) is 15.7. The van der Waals surface area contributed by atoms with E-state index >= 15 is 0 Å². The number of nitrogens with zero attached hydrogens (tertiary/aromatic N) is 3. The standard InChI is InChI=1S/C18H24N4O/c1-14-9-16(10-19)12-21(14)18(23)8-7-15-11-20-22(13-15)17-5-3-2-4-6-17/h2-6,11,13-14,16H,7-10,12,19H2,1H3. The summed E-state index contributed by atoms with van der Waals surface area (Å²) >= 11 is 0. The maximum atomic E-state index is 12.4. The van der Waals surface area contributed by atoms with Gasteiger partial charge in [-0.3, -0.25) is 4.79 Å². The Morgan fingerprint density at radius 2 is 2.13 bits per heavy atom. The SMILES string of the molecule is CC1CC(CN)CN1C(=O)CCc1cnn(-c2ccccc2)c1. The van der Waals surface area contributed by atoms with Crippen LogP contribution in [0.1, 0.15) is 25.3 Å². The minimum absolute atomic E-state index is 0.223. The van der Waals surface area contributed by atoms with Crippen LogP contribution in [0.25, 0.3) is 5.69 Å². The number of aromatic nitrogens is 2. The maximum absolute atomic E-state index is 12.4. The summed E-state index contributed by atoms with van der Waals surface area (Å²) in [5.41, 5.74) is 7.85. The van der Waals surface area contributed by atoms with Crippen molar-refractivity contribution in [2.75, 3.05) is 13.1 Å². The van der Waals surface area contributed by atoms with Gasteiger partial charge < -0.3 is 10.6 Å². The first-order valence-electron chi connectivity index (χ1n) is 8.26. The van der Waals surface area contributed by atoms with Gasteiger partial charge in [0.2, 0.25) is 5.91 Å².